The largest absolute Gasteiger partial charge is 0.469 e. The average Bonchev–Trinajstić information content (AvgIpc) is 2.85. The number of sulfone groups is 1. The molecule has 0 aliphatic carbocycles. The molecule has 0 spiro atoms. The normalized spacial score (nSPS) is 18.0. The molecule has 1 aromatic heterocycles. The summed E-state index contributed by atoms with van der Waals surface area (Å²) in [5.41, 5.74) is 1.43. The molecule has 0 radical (unpaired) electrons. The number of methoxy groups -OCH3 is 1. The molecule has 0 N–H and O–H groups in total. The number of carbonyl (C=O) groups excluding carboxylic acids is 1. The molecule has 3 rings (SSSR count). The van der Waals surface area contributed by atoms with E-state index in [9.17, 15) is 17.6 Å². The number of benzene rings is 1. The first kappa shape index (κ1) is 16.0. The number of rotatable bonds is 3. The van der Waals surface area contributed by atoms with Crippen molar-refractivity contribution in [1.82, 2.24) is 4.57 Å². The molecule has 0 fully saturated rings. The number of ether oxygens (including phenoxy) is 1. The minimum Gasteiger partial charge on any atom is -0.469 e. The third-order valence-electron chi connectivity index (χ3n) is 4.37. The highest BCUT2D eigenvalue weighted by Crippen LogP contribution is 2.37. The Morgan fingerprint density at radius 3 is 2.78 bits per heavy atom. The summed E-state index contributed by atoms with van der Waals surface area (Å²) in [7, 11) is -2.20. The maximum Gasteiger partial charge on any atom is 0.306 e. The summed E-state index contributed by atoms with van der Waals surface area (Å²) in [6.07, 6.45) is 2.98. The van der Waals surface area contributed by atoms with Crippen LogP contribution in [0, 0.1) is 5.82 Å². The number of aromatic nitrogens is 1. The first-order valence-electron chi connectivity index (χ1n) is 7.41. The van der Waals surface area contributed by atoms with Crippen LogP contribution < -0.4 is 0 Å². The molecule has 124 valence electrons. The van der Waals surface area contributed by atoms with Crippen LogP contribution in [0.25, 0.3) is 10.9 Å². The second-order valence-corrected chi connectivity index (χ2v) is 7.93. The molecular weight excluding hydrogens is 321 g/mol. The molecular formula is C16H18FNO4S. The summed E-state index contributed by atoms with van der Waals surface area (Å²) in [5.74, 6) is -0.920. The second-order valence-electron chi connectivity index (χ2n) is 5.95. The van der Waals surface area contributed by atoms with E-state index in [0.29, 0.717) is 17.4 Å². The van der Waals surface area contributed by atoms with Crippen LogP contribution in [-0.4, -0.2) is 32.3 Å². The van der Waals surface area contributed by atoms with E-state index in [1.165, 1.54) is 13.2 Å². The number of carbonyl (C=O) groups is 1. The SMILES string of the molecule is COC(=O)CC1CCCn2c1cc1c(S(C)(=O)=O)cc(F)cc12. The van der Waals surface area contributed by atoms with Gasteiger partial charge in [0, 0.05) is 29.8 Å². The van der Waals surface area contributed by atoms with Crippen LogP contribution in [0.3, 0.4) is 0 Å². The predicted molar refractivity (Wildman–Crippen MR) is 83.6 cm³/mol. The number of hydrogen-bond acceptors (Lipinski definition) is 4. The highest BCUT2D eigenvalue weighted by Gasteiger charge is 2.27. The van der Waals surface area contributed by atoms with Crippen molar-refractivity contribution in [2.45, 2.75) is 36.6 Å². The van der Waals surface area contributed by atoms with Gasteiger partial charge in [0.05, 0.1) is 23.9 Å². The molecule has 1 aliphatic heterocycles. The molecule has 2 aromatic rings. The van der Waals surface area contributed by atoms with Crippen molar-refractivity contribution in [2.75, 3.05) is 13.4 Å². The molecule has 1 aliphatic rings. The number of esters is 1. The van der Waals surface area contributed by atoms with Gasteiger partial charge in [-0.1, -0.05) is 0 Å². The van der Waals surface area contributed by atoms with Gasteiger partial charge < -0.3 is 9.30 Å². The molecule has 1 atom stereocenters. The van der Waals surface area contributed by atoms with Crippen LogP contribution in [-0.2, 0) is 25.9 Å². The Kier molecular flexibility index (Phi) is 3.91. The average molecular weight is 339 g/mol. The van der Waals surface area contributed by atoms with Crippen LogP contribution in [0.2, 0.25) is 0 Å². The fraction of sp³-hybridized carbons (Fsp3) is 0.438. The Bertz CT molecular complexity index is 885. The van der Waals surface area contributed by atoms with Gasteiger partial charge in [-0.3, -0.25) is 4.79 Å². The lowest BCUT2D eigenvalue weighted by molar-refractivity contribution is -0.141. The molecule has 5 nitrogen and oxygen atoms in total. The number of hydrogen-bond donors (Lipinski definition) is 0. The molecule has 0 bridgehead atoms. The zero-order valence-electron chi connectivity index (χ0n) is 13.0. The van der Waals surface area contributed by atoms with Crippen molar-refractivity contribution in [3.8, 4) is 0 Å². The molecule has 23 heavy (non-hydrogen) atoms. The highest BCUT2D eigenvalue weighted by molar-refractivity contribution is 7.91. The minimum atomic E-state index is -3.54. The van der Waals surface area contributed by atoms with Gasteiger partial charge >= 0.3 is 5.97 Å². The lowest BCUT2D eigenvalue weighted by atomic mass is 9.93. The maximum absolute atomic E-state index is 13.9. The van der Waals surface area contributed by atoms with Gasteiger partial charge in [0.2, 0.25) is 0 Å². The van der Waals surface area contributed by atoms with Crippen molar-refractivity contribution in [3.05, 3.63) is 29.7 Å². The Hall–Kier alpha value is -1.89. The number of fused-ring (bicyclic) bond motifs is 3. The number of nitrogens with zero attached hydrogens (tertiary/aromatic N) is 1. The Balaban J connectivity index is 2.21. The number of halogens is 1. The molecule has 1 aromatic carbocycles. The maximum atomic E-state index is 13.9. The topological polar surface area (TPSA) is 65.4 Å². The van der Waals surface area contributed by atoms with Crippen LogP contribution >= 0.6 is 0 Å². The van der Waals surface area contributed by atoms with E-state index < -0.39 is 15.7 Å². The Morgan fingerprint density at radius 2 is 2.13 bits per heavy atom. The van der Waals surface area contributed by atoms with Crippen molar-refractivity contribution in [1.29, 1.82) is 0 Å². The van der Waals surface area contributed by atoms with Gasteiger partial charge in [-0.15, -0.1) is 0 Å². The van der Waals surface area contributed by atoms with Crippen LogP contribution in [0.1, 0.15) is 30.9 Å². The summed E-state index contributed by atoms with van der Waals surface area (Å²) in [4.78, 5) is 11.6. The zero-order valence-corrected chi connectivity index (χ0v) is 13.8. The van der Waals surface area contributed by atoms with E-state index >= 15 is 0 Å². The van der Waals surface area contributed by atoms with Crippen LogP contribution in [0.4, 0.5) is 4.39 Å². The fourth-order valence-corrected chi connectivity index (χ4v) is 4.23. The van der Waals surface area contributed by atoms with Gasteiger partial charge in [0.1, 0.15) is 5.82 Å². The van der Waals surface area contributed by atoms with Crippen molar-refractivity contribution < 1.29 is 22.3 Å². The smallest absolute Gasteiger partial charge is 0.306 e. The standard InChI is InChI=1S/C16H18FNO4S/c1-22-16(19)6-10-4-3-5-18-13(10)9-12-14(18)7-11(17)8-15(12)23(2,20)21/h7-10H,3-6H2,1-2H3. The lowest BCUT2D eigenvalue weighted by Crippen LogP contribution is -2.18. The second kappa shape index (κ2) is 5.63. The van der Waals surface area contributed by atoms with Crippen LogP contribution in [0.15, 0.2) is 23.1 Å². The van der Waals surface area contributed by atoms with Gasteiger partial charge in [-0.2, -0.15) is 0 Å². The van der Waals surface area contributed by atoms with E-state index in [0.717, 1.165) is 30.9 Å². The monoisotopic (exact) mass is 339 g/mol. The summed E-state index contributed by atoms with van der Waals surface area (Å²) in [6, 6.07) is 4.19. The molecule has 0 saturated heterocycles. The van der Waals surface area contributed by atoms with Crippen molar-refractivity contribution >= 4 is 26.7 Å². The third-order valence-corrected chi connectivity index (χ3v) is 5.51. The lowest BCUT2D eigenvalue weighted by Gasteiger charge is -2.24. The summed E-state index contributed by atoms with van der Waals surface area (Å²) in [5, 5.41) is 0.515. The van der Waals surface area contributed by atoms with Crippen molar-refractivity contribution in [2.24, 2.45) is 0 Å². The molecule has 0 saturated carbocycles. The van der Waals surface area contributed by atoms with Gasteiger partial charge in [0.25, 0.3) is 0 Å². The van der Waals surface area contributed by atoms with E-state index in [1.807, 2.05) is 4.57 Å². The third kappa shape index (κ3) is 2.85. The van der Waals surface area contributed by atoms with Gasteiger partial charge in [0.15, 0.2) is 9.84 Å². The van der Waals surface area contributed by atoms with E-state index in [4.69, 9.17) is 4.74 Å². The summed E-state index contributed by atoms with van der Waals surface area (Å²) in [6.45, 7) is 0.684. The van der Waals surface area contributed by atoms with Crippen LogP contribution in [0.5, 0.6) is 0 Å². The molecule has 7 heteroatoms. The van der Waals surface area contributed by atoms with Crippen molar-refractivity contribution in [3.63, 3.8) is 0 Å². The predicted octanol–water partition coefficient (Wildman–Crippen LogP) is 2.62. The molecule has 1 unspecified atom stereocenters. The Labute approximate surface area is 134 Å². The zero-order chi connectivity index (χ0) is 16.8. The summed E-state index contributed by atoms with van der Waals surface area (Å²) >= 11 is 0. The van der Waals surface area contributed by atoms with E-state index in [1.54, 1.807) is 6.07 Å². The summed E-state index contributed by atoms with van der Waals surface area (Å²) < 4.78 is 44.5. The minimum absolute atomic E-state index is 0.00813. The molecule has 2 heterocycles. The number of aryl methyl sites for hydroxylation is 1. The first-order valence-corrected chi connectivity index (χ1v) is 9.30. The molecule has 0 amide bonds. The van der Waals surface area contributed by atoms with E-state index in [2.05, 4.69) is 0 Å². The van der Waals surface area contributed by atoms with E-state index in [-0.39, 0.29) is 23.2 Å². The van der Waals surface area contributed by atoms with Gasteiger partial charge in [-0.05, 0) is 31.0 Å². The highest BCUT2D eigenvalue weighted by atomic mass is 32.2. The first-order chi connectivity index (χ1) is 10.8. The fourth-order valence-electron chi connectivity index (χ4n) is 3.34. The van der Waals surface area contributed by atoms with Gasteiger partial charge in [-0.25, -0.2) is 12.8 Å². The Morgan fingerprint density at radius 1 is 1.39 bits per heavy atom. The quantitative estimate of drug-likeness (QED) is 0.806.